The summed E-state index contributed by atoms with van der Waals surface area (Å²) in [5, 5.41) is 10.3. The molecule has 0 atom stereocenters. The number of hydrogen-bond donors (Lipinski definition) is 1. The van der Waals surface area contributed by atoms with Crippen LogP contribution in [-0.2, 0) is 0 Å². The fraction of sp³-hybridized carbons (Fsp3) is 0. The normalized spacial score (nSPS) is 11.2. The third-order valence-electron chi connectivity index (χ3n) is 5.43. The van der Waals surface area contributed by atoms with Crippen LogP contribution < -0.4 is 0 Å². The molecule has 0 amide bonds. The lowest BCUT2D eigenvalue weighted by atomic mass is 10.1. The van der Waals surface area contributed by atoms with Crippen molar-refractivity contribution in [1.82, 2.24) is 4.57 Å². The van der Waals surface area contributed by atoms with E-state index in [-0.39, 0.29) is 5.75 Å². The third-order valence-corrected chi connectivity index (χ3v) is 5.69. The van der Waals surface area contributed by atoms with Crippen molar-refractivity contribution in [2.24, 2.45) is 4.99 Å². The Morgan fingerprint density at radius 1 is 0.697 bits per heavy atom. The number of hydrogen-bond acceptors (Lipinski definition) is 2. The highest BCUT2D eigenvalue weighted by Crippen LogP contribution is 2.36. The van der Waals surface area contributed by atoms with Crippen molar-refractivity contribution in [2.45, 2.75) is 0 Å². The van der Waals surface area contributed by atoms with Gasteiger partial charge in [0, 0.05) is 22.5 Å². The van der Waals surface area contributed by atoms with Gasteiger partial charge in [0.05, 0.1) is 17.1 Å². The molecule has 0 aliphatic carbocycles. The highest BCUT2D eigenvalue weighted by atomic mass is 35.5. The van der Waals surface area contributed by atoms with Crippen LogP contribution in [0.1, 0.15) is 5.56 Å². The van der Waals surface area contributed by atoms with Gasteiger partial charge >= 0.3 is 0 Å². The van der Waals surface area contributed by atoms with Gasteiger partial charge in [-0.1, -0.05) is 72.3 Å². The largest absolute Gasteiger partial charge is 0.508 e. The molecule has 0 aliphatic rings. The van der Waals surface area contributed by atoms with Gasteiger partial charge < -0.3 is 9.67 Å². The highest BCUT2D eigenvalue weighted by molar-refractivity contribution is 6.30. The molecule has 5 aromatic rings. The molecule has 1 aromatic heterocycles. The zero-order chi connectivity index (χ0) is 22.6. The van der Waals surface area contributed by atoms with Crippen LogP contribution in [0.3, 0.4) is 0 Å². The minimum Gasteiger partial charge on any atom is -0.508 e. The average molecular weight is 449 g/mol. The second kappa shape index (κ2) is 9.19. The Hall–Kier alpha value is -4.08. The van der Waals surface area contributed by atoms with Crippen molar-refractivity contribution in [3.05, 3.63) is 126 Å². The van der Waals surface area contributed by atoms with Crippen molar-refractivity contribution in [1.29, 1.82) is 0 Å². The number of benzene rings is 4. The summed E-state index contributed by atoms with van der Waals surface area (Å²) in [6, 6.07) is 37.5. The number of rotatable bonds is 5. The summed E-state index contributed by atoms with van der Waals surface area (Å²) in [6.45, 7) is 0. The molecule has 0 radical (unpaired) electrons. The first-order chi connectivity index (χ1) is 16.2. The predicted octanol–water partition coefficient (Wildman–Crippen LogP) is 7.92. The first kappa shape index (κ1) is 20.8. The number of aromatic nitrogens is 1. The van der Waals surface area contributed by atoms with Crippen LogP contribution in [0.25, 0.3) is 28.2 Å². The van der Waals surface area contributed by atoms with E-state index in [1.807, 2.05) is 66.9 Å². The fourth-order valence-electron chi connectivity index (χ4n) is 3.88. The molecular formula is C29H21ClN2O. The minimum absolute atomic E-state index is 0.221. The van der Waals surface area contributed by atoms with Crippen molar-refractivity contribution in [3.63, 3.8) is 0 Å². The van der Waals surface area contributed by atoms with Gasteiger partial charge in [0.15, 0.2) is 0 Å². The smallest absolute Gasteiger partial charge is 0.115 e. The molecule has 5 rings (SSSR count). The summed E-state index contributed by atoms with van der Waals surface area (Å²) in [5.41, 5.74) is 7.07. The number of aliphatic imine (C=N–C) groups is 1. The van der Waals surface area contributed by atoms with Gasteiger partial charge in [0.2, 0.25) is 0 Å². The summed E-state index contributed by atoms with van der Waals surface area (Å²) in [6.07, 6.45) is 1.88. The molecule has 1 heterocycles. The van der Waals surface area contributed by atoms with Crippen LogP contribution in [0.5, 0.6) is 5.75 Å². The van der Waals surface area contributed by atoms with Gasteiger partial charge in [0.1, 0.15) is 5.75 Å². The van der Waals surface area contributed by atoms with Crippen molar-refractivity contribution < 1.29 is 5.11 Å². The maximum Gasteiger partial charge on any atom is 0.115 e. The summed E-state index contributed by atoms with van der Waals surface area (Å²) < 4.78 is 2.25. The van der Waals surface area contributed by atoms with Crippen molar-refractivity contribution >= 4 is 23.5 Å². The van der Waals surface area contributed by atoms with Gasteiger partial charge in [-0.05, 0) is 65.7 Å². The van der Waals surface area contributed by atoms with Crippen molar-refractivity contribution in [2.75, 3.05) is 0 Å². The van der Waals surface area contributed by atoms with E-state index in [1.165, 1.54) is 0 Å². The van der Waals surface area contributed by atoms with E-state index in [1.54, 1.807) is 24.3 Å². The van der Waals surface area contributed by atoms with Crippen molar-refractivity contribution in [3.8, 4) is 34.0 Å². The SMILES string of the molecule is Oc1ccc(N=Cc2cc(-c3ccccc3)n(-c3ccc(Cl)cc3)c2-c2ccccc2)cc1. The van der Waals surface area contributed by atoms with Crippen LogP contribution in [0.15, 0.2) is 120 Å². The molecule has 0 saturated carbocycles. The number of phenolic OH excluding ortho intramolecular Hbond substituents is 1. The van der Waals surface area contributed by atoms with Crippen LogP contribution >= 0.6 is 11.6 Å². The number of halogens is 1. The summed E-state index contributed by atoms with van der Waals surface area (Å²) >= 11 is 6.20. The molecule has 0 bridgehead atoms. The Morgan fingerprint density at radius 2 is 1.30 bits per heavy atom. The maximum atomic E-state index is 9.58. The minimum atomic E-state index is 0.221. The highest BCUT2D eigenvalue weighted by Gasteiger charge is 2.18. The molecule has 0 fully saturated rings. The summed E-state index contributed by atoms with van der Waals surface area (Å²) in [7, 11) is 0. The number of nitrogens with zero attached hydrogens (tertiary/aromatic N) is 2. The third kappa shape index (κ3) is 4.45. The van der Waals surface area contributed by atoms with E-state index in [4.69, 9.17) is 11.6 Å². The quantitative estimate of drug-likeness (QED) is 0.272. The Morgan fingerprint density at radius 3 is 1.94 bits per heavy atom. The second-order valence-electron chi connectivity index (χ2n) is 7.65. The van der Waals surface area contributed by atoms with Crippen LogP contribution in [-0.4, -0.2) is 15.9 Å². The standard InChI is InChI=1S/C29H21ClN2O/c30-24-11-15-26(16-12-24)32-28(21-7-3-1-4-8-21)19-23(29(32)22-9-5-2-6-10-22)20-31-25-13-17-27(33)18-14-25/h1-20,33H. The lowest BCUT2D eigenvalue weighted by Gasteiger charge is -2.15. The maximum absolute atomic E-state index is 9.58. The first-order valence-corrected chi connectivity index (χ1v) is 11.0. The summed E-state index contributed by atoms with van der Waals surface area (Å²) in [4.78, 5) is 4.69. The Bertz CT molecular complexity index is 1390. The predicted molar refractivity (Wildman–Crippen MR) is 137 cm³/mol. The van der Waals surface area contributed by atoms with Gasteiger partial charge in [-0.2, -0.15) is 0 Å². The lowest BCUT2D eigenvalue weighted by molar-refractivity contribution is 0.475. The Labute approximate surface area is 197 Å². The van der Waals surface area contributed by atoms with E-state index < -0.39 is 0 Å². The zero-order valence-corrected chi connectivity index (χ0v) is 18.5. The molecule has 0 saturated heterocycles. The first-order valence-electron chi connectivity index (χ1n) is 10.6. The van der Waals surface area contributed by atoms with Gasteiger partial charge in [-0.25, -0.2) is 0 Å². The molecular weight excluding hydrogens is 428 g/mol. The lowest BCUT2D eigenvalue weighted by Crippen LogP contribution is -2.00. The molecule has 1 N–H and O–H groups in total. The zero-order valence-electron chi connectivity index (χ0n) is 17.8. The van der Waals surface area contributed by atoms with Crippen LogP contribution in [0.4, 0.5) is 5.69 Å². The molecule has 33 heavy (non-hydrogen) atoms. The molecule has 0 aliphatic heterocycles. The average Bonchev–Trinajstić information content (AvgIpc) is 3.25. The monoisotopic (exact) mass is 448 g/mol. The topological polar surface area (TPSA) is 37.5 Å². The molecule has 4 aromatic carbocycles. The molecule has 4 heteroatoms. The second-order valence-corrected chi connectivity index (χ2v) is 8.09. The Kier molecular flexibility index (Phi) is 5.79. The van der Waals surface area contributed by atoms with Gasteiger partial charge in [0.25, 0.3) is 0 Å². The molecule has 160 valence electrons. The molecule has 0 unspecified atom stereocenters. The Balaban J connectivity index is 1.76. The van der Waals surface area contributed by atoms with E-state index >= 15 is 0 Å². The van der Waals surface area contributed by atoms with Gasteiger partial charge in [-0.15, -0.1) is 0 Å². The van der Waals surface area contributed by atoms with Crippen LogP contribution in [0, 0.1) is 0 Å². The van der Waals surface area contributed by atoms with E-state index in [2.05, 4.69) is 39.9 Å². The van der Waals surface area contributed by atoms with Gasteiger partial charge in [-0.3, -0.25) is 4.99 Å². The number of phenols is 1. The molecule has 0 spiro atoms. The van der Waals surface area contributed by atoms with E-state index in [0.29, 0.717) is 5.02 Å². The fourth-order valence-corrected chi connectivity index (χ4v) is 4.01. The van der Waals surface area contributed by atoms with E-state index in [9.17, 15) is 5.11 Å². The summed E-state index contributed by atoms with van der Waals surface area (Å²) in [5.74, 6) is 0.221. The molecule has 3 nitrogen and oxygen atoms in total. The number of aromatic hydroxyl groups is 1. The van der Waals surface area contributed by atoms with E-state index in [0.717, 1.165) is 39.5 Å². The van der Waals surface area contributed by atoms with Crippen LogP contribution in [0.2, 0.25) is 5.02 Å².